The van der Waals surface area contributed by atoms with Gasteiger partial charge in [0.05, 0.1) is 0 Å². The molecular weight excluding hydrogens is 78.0 g/mol. The van der Waals surface area contributed by atoms with E-state index in [1.54, 1.807) is 0 Å². The van der Waals surface area contributed by atoms with Crippen molar-refractivity contribution in [2.45, 2.75) is 12.8 Å². The van der Waals surface area contributed by atoms with Gasteiger partial charge in [-0.15, -0.1) is 0 Å². The van der Waals surface area contributed by atoms with Gasteiger partial charge < -0.3 is 5.32 Å². The van der Waals surface area contributed by atoms with Crippen LogP contribution in [-0.2, 0) is 4.79 Å². The highest BCUT2D eigenvalue weighted by Crippen LogP contribution is 1.93. The minimum absolute atomic E-state index is 0.125. The minimum atomic E-state index is -0.486. The molecule has 2 heteroatoms. The van der Waals surface area contributed by atoms with Crippen molar-refractivity contribution in [3.05, 3.63) is 0 Å². The van der Waals surface area contributed by atoms with Gasteiger partial charge in [-0.25, -0.2) is 0 Å². The van der Waals surface area contributed by atoms with Gasteiger partial charge in [-0.1, -0.05) is 0 Å². The zero-order valence-electron chi connectivity index (χ0n) is 4.40. The Balaban J connectivity index is 2.48. The van der Waals surface area contributed by atoms with E-state index in [0.29, 0.717) is 13.0 Å². The molecule has 6 heavy (non-hydrogen) atoms. The molecule has 0 aliphatic carbocycles. The Bertz CT molecular complexity index is 93.7. The van der Waals surface area contributed by atoms with Crippen molar-refractivity contribution in [3.8, 4) is 0 Å². The Hall–Kier alpha value is -0.530. The molecule has 0 aromatic heterocycles. The molecule has 0 unspecified atom stereocenters. The fourth-order valence-corrected chi connectivity index (χ4v) is 0.471. The molecule has 1 amide bonds. The van der Waals surface area contributed by atoms with Crippen LogP contribution in [0, 0.1) is 0 Å². The number of hydrogen-bond donors (Lipinski definition) is 1. The Morgan fingerprint density at radius 3 is 3.00 bits per heavy atom. The topological polar surface area (TPSA) is 29.1 Å². The molecule has 0 saturated carbocycles. The van der Waals surface area contributed by atoms with Gasteiger partial charge in [0.1, 0.15) is 0 Å². The first-order valence-electron chi connectivity index (χ1n) is 2.58. The summed E-state index contributed by atoms with van der Waals surface area (Å²) in [4.78, 5) is 10.3. The maximum atomic E-state index is 10.3. The third kappa shape index (κ3) is 0.506. The fraction of sp³-hybridized carbons (Fsp3) is 0.750. The van der Waals surface area contributed by atoms with E-state index in [-0.39, 0.29) is 5.91 Å². The zero-order valence-corrected chi connectivity index (χ0v) is 3.40. The van der Waals surface area contributed by atoms with Crippen LogP contribution >= 0.6 is 0 Å². The number of carbonyl (C=O) groups excluding carboxylic acids is 1. The van der Waals surface area contributed by atoms with E-state index < -0.39 is 6.40 Å². The molecule has 0 aromatic carbocycles. The van der Waals surface area contributed by atoms with Crippen molar-refractivity contribution < 1.29 is 6.17 Å². The second-order valence-corrected chi connectivity index (χ2v) is 1.28. The average molecular weight is 86.1 g/mol. The van der Waals surface area contributed by atoms with Gasteiger partial charge in [-0.05, 0) is 6.42 Å². The smallest absolute Gasteiger partial charge is 0.220 e. The van der Waals surface area contributed by atoms with Gasteiger partial charge in [0.2, 0.25) is 5.91 Å². The molecule has 1 fully saturated rings. The lowest BCUT2D eigenvalue weighted by atomic mass is 10.4. The first kappa shape index (κ1) is 2.61. The van der Waals surface area contributed by atoms with Crippen LogP contribution in [0.5, 0.6) is 0 Å². The van der Waals surface area contributed by atoms with Crippen molar-refractivity contribution >= 4 is 5.91 Å². The lowest BCUT2D eigenvalue weighted by Gasteiger charge is -1.80. The third-order valence-electron chi connectivity index (χ3n) is 0.773. The summed E-state index contributed by atoms with van der Waals surface area (Å²) in [5.74, 6) is -0.125. The Labute approximate surface area is 37.9 Å². The van der Waals surface area contributed by atoms with Gasteiger partial charge in [0, 0.05) is 14.3 Å². The first-order chi connectivity index (χ1) is 3.30. The maximum Gasteiger partial charge on any atom is 0.220 e. The average Bonchev–Trinajstić information content (AvgIpc) is 1.91. The van der Waals surface area contributed by atoms with E-state index in [1.165, 1.54) is 0 Å². The van der Waals surface area contributed by atoms with Gasteiger partial charge >= 0.3 is 0 Å². The van der Waals surface area contributed by atoms with E-state index in [0.717, 1.165) is 0 Å². The monoisotopic (exact) mass is 86.1 g/mol. The largest absolute Gasteiger partial charge is 0.356 e. The summed E-state index contributed by atoms with van der Waals surface area (Å²) in [6, 6.07) is 0. The molecule has 1 atom stereocenters. The Morgan fingerprint density at radius 1 is 2.00 bits per heavy atom. The minimum Gasteiger partial charge on any atom is -0.356 e. The van der Waals surface area contributed by atoms with Crippen LogP contribution in [0.15, 0.2) is 0 Å². The SMILES string of the molecule is [2H][C@H]1CCNC1=O. The van der Waals surface area contributed by atoms with E-state index >= 15 is 0 Å². The van der Waals surface area contributed by atoms with Gasteiger partial charge in [-0.3, -0.25) is 4.79 Å². The predicted molar refractivity (Wildman–Crippen MR) is 22.2 cm³/mol. The van der Waals surface area contributed by atoms with Crippen LogP contribution in [0.3, 0.4) is 0 Å². The third-order valence-corrected chi connectivity index (χ3v) is 0.773. The van der Waals surface area contributed by atoms with Crippen LogP contribution in [0.2, 0.25) is 0 Å². The predicted octanol–water partition coefficient (Wildman–Crippen LogP) is -0.104. The molecular formula is C4H7NO. The molecule has 0 spiro atoms. The van der Waals surface area contributed by atoms with Gasteiger partial charge in [0.15, 0.2) is 0 Å². The number of amides is 1. The van der Waals surface area contributed by atoms with E-state index in [2.05, 4.69) is 5.32 Å². The van der Waals surface area contributed by atoms with Crippen LogP contribution in [-0.4, -0.2) is 12.5 Å². The summed E-state index contributed by atoms with van der Waals surface area (Å²) >= 11 is 0. The highest BCUT2D eigenvalue weighted by Gasteiger charge is 2.05. The van der Waals surface area contributed by atoms with Crippen LogP contribution in [0.1, 0.15) is 14.2 Å². The van der Waals surface area contributed by atoms with Crippen LogP contribution in [0.25, 0.3) is 0 Å². The fourth-order valence-electron chi connectivity index (χ4n) is 0.471. The molecule has 1 rings (SSSR count). The Morgan fingerprint density at radius 2 is 2.83 bits per heavy atom. The molecule has 0 aromatic rings. The summed E-state index contributed by atoms with van der Waals surface area (Å²) in [6.45, 7) is 0.688. The highest BCUT2D eigenvalue weighted by atomic mass is 16.1. The summed E-state index contributed by atoms with van der Waals surface area (Å²) < 4.78 is 6.93. The number of nitrogens with one attached hydrogen (secondary N) is 1. The normalized spacial score (nSPS) is 35.7. The molecule has 0 bridgehead atoms. The lowest BCUT2D eigenvalue weighted by molar-refractivity contribution is -0.119. The first-order valence-corrected chi connectivity index (χ1v) is 2.00. The second-order valence-electron chi connectivity index (χ2n) is 1.28. The van der Waals surface area contributed by atoms with Crippen molar-refractivity contribution in [2.75, 3.05) is 6.54 Å². The highest BCUT2D eigenvalue weighted by molar-refractivity contribution is 5.77. The zero-order chi connectivity index (χ0) is 5.28. The molecule has 1 N–H and O–H groups in total. The summed E-state index contributed by atoms with van der Waals surface area (Å²) in [5.41, 5.74) is 0. The van der Waals surface area contributed by atoms with E-state index in [1.807, 2.05) is 0 Å². The van der Waals surface area contributed by atoms with E-state index in [9.17, 15) is 4.79 Å². The molecule has 34 valence electrons. The number of carbonyl (C=O) groups is 1. The molecule has 1 aliphatic rings. The Kier molecular flexibility index (Phi) is 0.560. The van der Waals surface area contributed by atoms with E-state index in [4.69, 9.17) is 1.37 Å². The maximum absolute atomic E-state index is 10.3. The second kappa shape index (κ2) is 1.29. The standard InChI is InChI=1S/C4H7NO/c6-4-2-1-3-5-4/h1-3H2,(H,5,6)/i2D/t2-/m0/s1. The van der Waals surface area contributed by atoms with Crippen molar-refractivity contribution in [3.63, 3.8) is 0 Å². The molecule has 1 heterocycles. The quantitative estimate of drug-likeness (QED) is 0.438. The summed E-state index contributed by atoms with van der Waals surface area (Å²) in [6.07, 6.45) is 0.193. The molecule has 0 radical (unpaired) electrons. The van der Waals surface area contributed by atoms with Crippen LogP contribution in [0.4, 0.5) is 0 Å². The van der Waals surface area contributed by atoms with Crippen molar-refractivity contribution in [1.82, 2.24) is 5.32 Å². The summed E-state index contributed by atoms with van der Waals surface area (Å²) in [7, 11) is 0. The number of hydrogen-bond acceptors (Lipinski definition) is 1. The molecule has 1 saturated heterocycles. The summed E-state index contributed by atoms with van der Waals surface area (Å²) in [5, 5.41) is 2.54. The van der Waals surface area contributed by atoms with Crippen LogP contribution < -0.4 is 5.32 Å². The van der Waals surface area contributed by atoms with Gasteiger partial charge in [0.25, 0.3) is 0 Å². The van der Waals surface area contributed by atoms with Gasteiger partial charge in [-0.2, -0.15) is 0 Å². The molecule has 2 nitrogen and oxygen atoms in total. The molecule has 1 aliphatic heterocycles. The lowest BCUT2D eigenvalue weighted by Crippen LogP contribution is -2.12. The van der Waals surface area contributed by atoms with Crippen molar-refractivity contribution in [1.29, 1.82) is 0 Å². The van der Waals surface area contributed by atoms with Crippen molar-refractivity contribution in [2.24, 2.45) is 0 Å². The number of rotatable bonds is 0.